The summed E-state index contributed by atoms with van der Waals surface area (Å²) in [6, 6.07) is 6.00. The van der Waals surface area contributed by atoms with Crippen LogP contribution in [0.5, 0.6) is 0 Å². The second kappa shape index (κ2) is 6.10. The molecule has 140 valence electrons. The van der Waals surface area contributed by atoms with E-state index in [2.05, 4.69) is 0 Å². The molecule has 3 nitrogen and oxygen atoms in total. The van der Waals surface area contributed by atoms with Crippen LogP contribution in [0.15, 0.2) is 36.5 Å². The van der Waals surface area contributed by atoms with E-state index in [0.717, 1.165) is 38.3 Å². The maximum atomic E-state index is 13.7. The number of hydrogen-bond acceptors (Lipinski definition) is 2. The Kier molecular flexibility index (Phi) is 4.12. The van der Waals surface area contributed by atoms with Gasteiger partial charge in [-0.25, -0.2) is 0 Å². The molecule has 4 fully saturated rings. The minimum absolute atomic E-state index is 0.0509. The first kappa shape index (κ1) is 17.6. The van der Waals surface area contributed by atoms with Gasteiger partial charge >= 0.3 is 6.18 Å². The van der Waals surface area contributed by atoms with Crippen molar-refractivity contribution in [2.24, 2.45) is 23.7 Å². The van der Waals surface area contributed by atoms with Gasteiger partial charge in [0, 0.05) is 0 Å². The quantitative estimate of drug-likeness (QED) is 0.516. The van der Waals surface area contributed by atoms with E-state index in [1.165, 1.54) is 12.1 Å². The molecule has 0 radical (unpaired) electrons. The molecule has 6 heteroatoms. The highest BCUT2D eigenvalue weighted by atomic mass is 19.4. The van der Waals surface area contributed by atoms with Crippen molar-refractivity contribution in [1.82, 2.24) is 0 Å². The smallest absolute Gasteiger partial charge is 0.259 e. The molecule has 0 aliphatic heterocycles. The average molecular weight is 365 g/mol. The summed E-state index contributed by atoms with van der Waals surface area (Å²) in [7, 11) is 0. The van der Waals surface area contributed by atoms with Crippen LogP contribution in [0.4, 0.5) is 13.2 Å². The molecule has 0 N–H and O–H groups in total. The van der Waals surface area contributed by atoms with E-state index in [-0.39, 0.29) is 5.92 Å². The summed E-state index contributed by atoms with van der Waals surface area (Å²) in [4.78, 5) is 10.2. The van der Waals surface area contributed by atoms with Crippen molar-refractivity contribution in [2.45, 2.75) is 50.1 Å². The molecule has 5 rings (SSSR count). The minimum Gasteiger partial charge on any atom is -0.259 e. The number of rotatable bonds is 4. The predicted molar refractivity (Wildman–Crippen MR) is 90.9 cm³/mol. The number of allylic oxidation sites excluding steroid dienone is 1. The molecule has 26 heavy (non-hydrogen) atoms. The number of hydrogen-bond donors (Lipinski definition) is 0. The average Bonchev–Trinajstić information content (AvgIpc) is 2.56. The Hall–Kier alpha value is -1.85. The zero-order chi connectivity index (χ0) is 18.5. The Morgan fingerprint density at radius 2 is 1.81 bits per heavy atom. The first-order valence-corrected chi connectivity index (χ1v) is 9.26. The first-order chi connectivity index (χ1) is 12.3. The summed E-state index contributed by atoms with van der Waals surface area (Å²) < 4.78 is 41.1. The Morgan fingerprint density at radius 1 is 1.15 bits per heavy atom. The van der Waals surface area contributed by atoms with Crippen molar-refractivity contribution < 1.29 is 18.1 Å². The lowest BCUT2D eigenvalue weighted by atomic mass is 9.42. The van der Waals surface area contributed by atoms with Crippen LogP contribution in [0.3, 0.4) is 0 Å². The predicted octanol–water partition coefficient (Wildman–Crippen LogP) is 5.58. The highest BCUT2D eigenvalue weighted by Crippen LogP contribution is 2.65. The van der Waals surface area contributed by atoms with E-state index in [0.29, 0.717) is 29.7 Å². The van der Waals surface area contributed by atoms with E-state index in [9.17, 15) is 23.3 Å². The van der Waals surface area contributed by atoms with Gasteiger partial charge in [-0.3, -0.25) is 10.1 Å². The lowest BCUT2D eigenvalue weighted by Gasteiger charge is -2.62. The van der Waals surface area contributed by atoms with Crippen LogP contribution in [0.2, 0.25) is 0 Å². The SMILES string of the molecule is O=[N+]([O-])C=CCC1C2CC3CC(C2)CC1(c1ccccc1C(F)(F)F)C3. The summed E-state index contributed by atoms with van der Waals surface area (Å²) >= 11 is 0. The van der Waals surface area contributed by atoms with E-state index in [4.69, 9.17) is 0 Å². The molecule has 1 aromatic carbocycles. The molecule has 0 amide bonds. The normalized spacial score (nSPS) is 36.0. The molecule has 0 heterocycles. The van der Waals surface area contributed by atoms with Gasteiger partial charge in [0.15, 0.2) is 0 Å². The third-order valence-electron chi connectivity index (χ3n) is 6.91. The zero-order valence-corrected chi connectivity index (χ0v) is 14.4. The van der Waals surface area contributed by atoms with Gasteiger partial charge in [-0.15, -0.1) is 0 Å². The van der Waals surface area contributed by atoms with Crippen molar-refractivity contribution in [3.8, 4) is 0 Å². The summed E-state index contributed by atoms with van der Waals surface area (Å²) in [6.07, 6.45) is 3.41. The fraction of sp³-hybridized carbons (Fsp3) is 0.600. The van der Waals surface area contributed by atoms with E-state index in [1.54, 1.807) is 18.2 Å². The fourth-order valence-electron chi connectivity index (χ4n) is 6.44. The second-order valence-electron chi connectivity index (χ2n) is 8.32. The number of halogens is 3. The zero-order valence-electron chi connectivity index (χ0n) is 14.4. The molecular formula is C20H22F3NO2. The largest absolute Gasteiger partial charge is 0.416 e. The third kappa shape index (κ3) is 2.83. The topological polar surface area (TPSA) is 43.1 Å². The summed E-state index contributed by atoms with van der Waals surface area (Å²) in [5.74, 6) is 1.41. The molecular weight excluding hydrogens is 343 g/mol. The molecule has 4 aliphatic carbocycles. The number of benzene rings is 1. The molecule has 1 aromatic rings. The summed E-state index contributed by atoms with van der Waals surface area (Å²) in [6.45, 7) is 0. The van der Waals surface area contributed by atoms with Crippen LogP contribution in [0.25, 0.3) is 0 Å². The minimum atomic E-state index is -4.37. The van der Waals surface area contributed by atoms with Gasteiger partial charge < -0.3 is 0 Å². The molecule has 0 saturated heterocycles. The molecule has 0 aromatic heterocycles. The maximum absolute atomic E-state index is 13.7. The van der Waals surface area contributed by atoms with Crippen LogP contribution in [0, 0.1) is 33.8 Å². The molecule has 4 saturated carbocycles. The Labute approximate surface area is 150 Å². The van der Waals surface area contributed by atoms with Gasteiger partial charge in [0.05, 0.1) is 10.5 Å². The second-order valence-corrected chi connectivity index (χ2v) is 8.32. The number of alkyl halides is 3. The highest BCUT2D eigenvalue weighted by molar-refractivity contribution is 5.39. The monoisotopic (exact) mass is 365 g/mol. The molecule has 4 aliphatic rings. The molecule has 4 bridgehead atoms. The van der Waals surface area contributed by atoms with Crippen molar-refractivity contribution in [1.29, 1.82) is 0 Å². The number of nitrogens with zero attached hydrogens (tertiary/aromatic N) is 1. The van der Waals surface area contributed by atoms with Gasteiger partial charge in [-0.05, 0) is 85.3 Å². The van der Waals surface area contributed by atoms with Crippen LogP contribution in [-0.4, -0.2) is 4.92 Å². The van der Waals surface area contributed by atoms with E-state index in [1.807, 2.05) is 0 Å². The lowest BCUT2D eigenvalue weighted by Crippen LogP contribution is -2.55. The third-order valence-corrected chi connectivity index (χ3v) is 6.91. The fourth-order valence-corrected chi connectivity index (χ4v) is 6.44. The standard InChI is InChI=1S/C20H22F3NO2/c21-20(22,23)18-5-2-1-4-17(18)19-11-13-8-14(12-19)10-15(9-13)16(19)6-3-7-24(25)26/h1-5,7,13-16H,6,8-12H2. The van der Waals surface area contributed by atoms with Crippen molar-refractivity contribution in [3.63, 3.8) is 0 Å². The lowest BCUT2D eigenvalue weighted by molar-refractivity contribution is -0.402. The van der Waals surface area contributed by atoms with Crippen molar-refractivity contribution in [3.05, 3.63) is 57.8 Å². The van der Waals surface area contributed by atoms with E-state index < -0.39 is 22.1 Å². The molecule has 3 atom stereocenters. The Balaban J connectivity index is 1.79. The summed E-state index contributed by atoms with van der Waals surface area (Å²) in [5.41, 5.74) is -0.599. The highest BCUT2D eigenvalue weighted by Gasteiger charge is 2.58. The van der Waals surface area contributed by atoms with Crippen LogP contribution in [0.1, 0.15) is 49.7 Å². The summed E-state index contributed by atoms with van der Waals surface area (Å²) in [5, 5.41) is 10.7. The van der Waals surface area contributed by atoms with Gasteiger partial charge in [0.2, 0.25) is 6.20 Å². The van der Waals surface area contributed by atoms with Crippen LogP contribution >= 0.6 is 0 Å². The Bertz CT molecular complexity index is 729. The van der Waals surface area contributed by atoms with Gasteiger partial charge in [0.1, 0.15) is 0 Å². The van der Waals surface area contributed by atoms with Crippen LogP contribution < -0.4 is 0 Å². The maximum Gasteiger partial charge on any atom is 0.416 e. The Morgan fingerprint density at radius 3 is 2.42 bits per heavy atom. The van der Waals surface area contributed by atoms with E-state index >= 15 is 0 Å². The van der Waals surface area contributed by atoms with Crippen molar-refractivity contribution in [2.75, 3.05) is 0 Å². The van der Waals surface area contributed by atoms with Crippen LogP contribution in [-0.2, 0) is 11.6 Å². The first-order valence-electron chi connectivity index (χ1n) is 9.26. The molecule has 0 spiro atoms. The van der Waals surface area contributed by atoms with Crippen molar-refractivity contribution >= 4 is 0 Å². The van der Waals surface area contributed by atoms with Gasteiger partial charge in [-0.2, -0.15) is 13.2 Å². The van der Waals surface area contributed by atoms with Gasteiger partial charge in [-0.1, -0.05) is 18.2 Å². The molecule has 3 unspecified atom stereocenters. The number of nitro groups is 1. The van der Waals surface area contributed by atoms with Gasteiger partial charge in [0.25, 0.3) is 0 Å².